The highest BCUT2D eigenvalue weighted by atomic mass is 16.2. The first-order valence-electron chi connectivity index (χ1n) is 7.45. The number of rotatable bonds is 9. The molecule has 0 aliphatic rings. The lowest BCUT2D eigenvalue weighted by atomic mass is 10.0. The van der Waals surface area contributed by atoms with E-state index in [1.165, 1.54) is 0 Å². The largest absolute Gasteiger partial charge is 0.350 e. The third kappa shape index (κ3) is 8.22. The topological polar surface area (TPSA) is 44.4 Å². The van der Waals surface area contributed by atoms with Gasteiger partial charge in [-0.1, -0.05) is 6.92 Å². The van der Waals surface area contributed by atoms with E-state index in [0.717, 1.165) is 25.9 Å². The minimum absolute atomic E-state index is 0.0871. The lowest BCUT2D eigenvalue weighted by Gasteiger charge is -2.27. The van der Waals surface area contributed by atoms with Gasteiger partial charge in [0, 0.05) is 11.6 Å². The van der Waals surface area contributed by atoms with E-state index < -0.39 is 0 Å². The average molecular weight is 271 g/mol. The van der Waals surface area contributed by atoms with Crippen molar-refractivity contribution in [2.45, 2.75) is 72.0 Å². The number of carbonyl (C=O) groups is 1. The van der Waals surface area contributed by atoms with Crippen molar-refractivity contribution < 1.29 is 4.79 Å². The average Bonchev–Trinajstić information content (AvgIpc) is 2.33. The summed E-state index contributed by atoms with van der Waals surface area (Å²) < 4.78 is 0. The zero-order chi connectivity index (χ0) is 15.1. The Hall–Kier alpha value is -0.610. The summed E-state index contributed by atoms with van der Waals surface area (Å²) in [7, 11) is 2.13. The molecular formula is C15H33N3O. The molecule has 1 unspecified atom stereocenters. The maximum absolute atomic E-state index is 12.0. The molecule has 0 aromatic rings. The van der Waals surface area contributed by atoms with Crippen molar-refractivity contribution >= 4 is 5.91 Å². The molecule has 2 N–H and O–H groups in total. The van der Waals surface area contributed by atoms with Crippen molar-refractivity contribution in [3.05, 3.63) is 0 Å². The van der Waals surface area contributed by atoms with Crippen LogP contribution in [0.3, 0.4) is 0 Å². The predicted octanol–water partition coefficient (Wildman–Crippen LogP) is 2.00. The van der Waals surface area contributed by atoms with Gasteiger partial charge in [-0.2, -0.15) is 0 Å². The van der Waals surface area contributed by atoms with Crippen LogP contribution >= 0.6 is 0 Å². The van der Waals surface area contributed by atoms with Crippen molar-refractivity contribution in [1.82, 2.24) is 15.5 Å². The Labute approximate surface area is 119 Å². The summed E-state index contributed by atoms with van der Waals surface area (Å²) in [5.41, 5.74) is -0.120. The number of nitrogens with zero attached hydrogens (tertiary/aromatic N) is 1. The van der Waals surface area contributed by atoms with Gasteiger partial charge >= 0.3 is 0 Å². The summed E-state index contributed by atoms with van der Waals surface area (Å²) in [6.07, 6.45) is 1.99. The second kappa shape index (κ2) is 8.54. The Morgan fingerprint density at radius 1 is 1.26 bits per heavy atom. The lowest BCUT2D eigenvalue weighted by Crippen LogP contribution is -2.51. The zero-order valence-electron chi connectivity index (χ0n) is 13.8. The molecule has 4 heteroatoms. The highest BCUT2D eigenvalue weighted by molar-refractivity contribution is 5.81. The maximum Gasteiger partial charge on any atom is 0.237 e. The van der Waals surface area contributed by atoms with Crippen LogP contribution in [0.4, 0.5) is 0 Å². The fraction of sp³-hybridized carbons (Fsp3) is 0.933. The van der Waals surface area contributed by atoms with Gasteiger partial charge in [0.25, 0.3) is 0 Å². The van der Waals surface area contributed by atoms with Crippen LogP contribution in [0, 0.1) is 0 Å². The van der Waals surface area contributed by atoms with Crippen LogP contribution < -0.4 is 10.6 Å². The molecule has 0 aliphatic carbocycles. The highest BCUT2D eigenvalue weighted by Crippen LogP contribution is 2.06. The van der Waals surface area contributed by atoms with Crippen LogP contribution in [0.2, 0.25) is 0 Å². The maximum atomic E-state index is 12.0. The third-order valence-corrected chi connectivity index (χ3v) is 3.76. The van der Waals surface area contributed by atoms with Gasteiger partial charge in [-0.25, -0.2) is 0 Å². The molecule has 0 aromatic heterocycles. The molecule has 19 heavy (non-hydrogen) atoms. The fourth-order valence-electron chi connectivity index (χ4n) is 1.53. The minimum atomic E-state index is -0.129. The number of nitrogens with one attached hydrogen (secondary N) is 2. The molecule has 4 nitrogen and oxygen atoms in total. The summed E-state index contributed by atoms with van der Waals surface area (Å²) in [6.45, 7) is 14.4. The Bertz CT molecular complexity index is 264. The lowest BCUT2D eigenvalue weighted by molar-refractivity contribution is -0.124. The summed E-state index contributed by atoms with van der Waals surface area (Å²) in [5, 5.41) is 6.35. The Kier molecular flexibility index (Phi) is 8.26. The molecule has 1 atom stereocenters. The third-order valence-electron chi connectivity index (χ3n) is 3.76. The first-order chi connectivity index (χ1) is 8.69. The molecule has 0 rings (SSSR count). The minimum Gasteiger partial charge on any atom is -0.350 e. The van der Waals surface area contributed by atoms with E-state index in [1.54, 1.807) is 0 Å². The van der Waals surface area contributed by atoms with Crippen molar-refractivity contribution in [2.24, 2.45) is 0 Å². The van der Waals surface area contributed by atoms with Crippen LogP contribution in [-0.4, -0.2) is 48.6 Å². The predicted molar refractivity (Wildman–Crippen MR) is 82.4 cm³/mol. The van der Waals surface area contributed by atoms with E-state index in [1.807, 2.05) is 6.92 Å². The molecule has 114 valence electrons. The molecule has 0 fully saturated rings. The summed E-state index contributed by atoms with van der Waals surface area (Å²) >= 11 is 0. The van der Waals surface area contributed by atoms with Crippen LogP contribution in [0.25, 0.3) is 0 Å². The van der Waals surface area contributed by atoms with Gasteiger partial charge in [0.2, 0.25) is 5.91 Å². The van der Waals surface area contributed by atoms with Crippen LogP contribution in [-0.2, 0) is 4.79 Å². The second-order valence-corrected chi connectivity index (χ2v) is 6.33. The van der Waals surface area contributed by atoms with Crippen molar-refractivity contribution in [3.63, 3.8) is 0 Å². The fourth-order valence-corrected chi connectivity index (χ4v) is 1.53. The Balaban J connectivity index is 3.86. The highest BCUT2D eigenvalue weighted by Gasteiger charge is 2.21. The molecule has 0 bridgehead atoms. The molecule has 0 aliphatic heterocycles. The van der Waals surface area contributed by atoms with Crippen LogP contribution in [0.15, 0.2) is 0 Å². The van der Waals surface area contributed by atoms with Gasteiger partial charge < -0.3 is 15.5 Å². The molecule has 0 radical (unpaired) electrons. The Morgan fingerprint density at radius 3 is 2.32 bits per heavy atom. The van der Waals surface area contributed by atoms with Crippen molar-refractivity contribution in [1.29, 1.82) is 0 Å². The van der Waals surface area contributed by atoms with Gasteiger partial charge in [0.05, 0.1) is 6.04 Å². The van der Waals surface area contributed by atoms with Gasteiger partial charge in [0.1, 0.15) is 0 Å². The Morgan fingerprint density at radius 2 is 1.84 bits per heavy atom. The van der Waals surface area contributed by atoms with E-state index in [-0.39, 0.29) is 17.5 Å². The van der Waals surface area contributed by atoms with Crippen LogP contribution in [0.5, 0.6) is 0 Å². The molecule has 0 saturated heterocycles. The second-order valence-electron chi connectivity index (χ2n) is 6.33. The molecule has 0 saturated carbocycles. The number of carbonyl (C=O) groups excluding carboxylic acids is 1. The van der Waals surface area contributed by atoms with Crippen molar-refractivity contribution in [2.75, 3.05) is 20.1 Å². The van der Waals surface area contributed by atoms with Crippen LogP contribution in [0.1, 0.15) is 54.4 Å². The van der Waals surface area contributed by atoms with E-state index in [4.69, 9.17) is 0 Å². The molecule has 0 spiro atoms. The number of amides is 1. The molecule has 0 aromatic carbocycles. The van der Waals surface area contributed by atoms with E-state index >= 15 is 0 Å². The summed E-state index contributed by atoms with van der Waals surface area (Å²) in [5.74, 6) is 0.0871. The van der Waals surface area contributed by atoms with Crippen molar-refractivity contribution in [3.8, 4) is 0 Å². The molecule has 1 amide bonds. The van der Waals surface area contributed by atoms with Gasteiger partial charge in [0.15, 0.2) is 0 Å². The molecule has 0 heterocycles. The molecular weight excluding hydrogens is 238 g/mol. The zero-order valence-corrected chi connectivity index (χ0v) is 13.8. The first-order valence-corrected chi connectivity index (χ1v) is 7.45. The standard InChI is InChI=1S/C15H33N3O/c1-8-15(5,6)17-14(19)13(4)16-10-9-11-18(7)12(2)3/h12-13,16H,8-11H2,1-7H3,(H,17,19). The quantitative estimate of drug-likeness (QED) is 0.631. The smallest absolute Gasteiger partial charge is 0.237 e. The van der Waals surface area contributed by atoms with E-state index in [0.29, 0.717) is 6.04 Å². The summed E-state index contributed by atoms with van der Waals surface area (Å²) in [4.78, 5) is 14.3. The van der Waals surface area contributed by atoms with Gasteiger partial charge in [-0.3, -0.25) is 4.79 Å². The van der Waals surface area contributed by atoms with E-state index in [9.17, 15) is 4.79 Å². The van der Waals surface area contributed by atoms with Gasteiger partial charge in [-0.15, -0.1) is 0 Å². The monoisotopic (exact) mass is 271 g/mol. The normalized spacial score (nSPS) is 13.9. The SMILES string of the molecule is CCC(C)(C)NC(=O)C(C)NCCCN(C)C(C)C. The summed E-state index contributed by atoms with van der Waals surface area (Å²) in [6, 6.07) is 0.446. The number of hydrogen-bond acceptors (Lipinski definition) is 3. The van der Waals surface area contributed by atoms with Gasteiger partial charge in [-0.05, 0) is 67.6 Å². The van der Waals surface area contributed by atoms with E-state index in [2.05, 4.69) is 57.2 Å². The number of hydrogen-bond donors (Lipinski definition) is 2. The first kappa shape index (κ1) is 18.4.